The van der Waals surface area contributed by atoms with Crippen LogP contribution in [0.2, 0.25) is 0 Å². The Balaban J connectivity index is 1.33. The van der Waals surface area contributed by atoms with E-state index in [9.17, 15) is 9.59 Å². The van der Waals surface area contributed by atoms with Gasteiger partial charge in [0.1, 0.15) is 23.1 Å². The van der Waals surface area contributed by atoms with Crippen molar-refractivity contribution in [3.8, 4) is 5.75 Å². The number of hydrogen-bond donors (Lipinski definition) is 0. The number of aromatic nitrogens is 1. The molecule has 8 heteroatoms. The molecule has 2 aromatic carbocycles. The fourth-order valence-corrected chi connectivity index (χ4v) is 6.28. The second-order valence-electron chi connectivity index (χ2n) is 8.68. The van der Waals surface area contributed by atoms with Gasteiger partial charge >= 0.3 is 0 Å². The summed E-state index contributed by atoms with van der Waals surface area (Å²) in [4.78, 5) is 33.9. The molecule has 0 N–H and O–H groups in total. The maximum atomic E-state index is 12.8. The third-order valence-corrected chi connectivity index (χ3v) is 8.28. The van der Waals surface area contributed by atoms with Gasteiger partial charge in [-0.3, -0.25) is 9.59 Å². The van der Waals surface area contributed by atoms with Crippen molar-refractivity contribution in [3.63, 3.8) is 0 Å². The van der Waals surface area contributed by atoms with Gasteiger partial charge in [-0.25, -0.2) is 4.98 Å². The van der Waals surface area contributed by atoms with Gasteiger partial charge < -0.3 is 14.5 Å². The molecule has 0 spiro atoms. The standard InChI is InChI=1S/C27H29N3O3S2/c1-2-25(31)30-11-10-19-8-9-21(16-22(19)26(30)20-6-4-3-5-7-20)33-17-24-28-23(18-35-24)27(32)29-12-14-34-15-13-29/h3-9,16,18,26H,2,10-15,17H2,1H3. The second kappa shape index (κ2) is 10.8. The van der Waals surface area contributed by atoms with Crippen molar-refractivity contribution in [2.45, 2.75) is 32.4 Å². The number of amides is 2. The molecule has 0 radical (unpaired) electrons. The summed E-state index contributed by atoms with van der Waals surface area (Å²) >= 11 is 3.33. The van der Waals surface area contributed by atoms with Gasteiger partial charge in [-0.15, -0.1) is 11.3 Å². The molecule has 1 atom stereocenters. The number of fused-ring (bicyclic) bond motifs is 1. The molecular weight excluding hydrogens is 478 g/mol. The van der Waals surface area contributed by atoms with Crippen molar-refractivity contribution in [2.75, 3.05) is 31.1 Å². The molecule has 1 unspecified atom stereocenters. The molecule has 1 saturated heterocycles. The van der Waals surface area contributed by atoms with Crippen LogP contribution in [0.5, 0.6) is 5.75 Å². The first-order valence-electron chi connectivity index (χ1n) is 12.1. The average molecular weight is 508 g/mol. The molecular formula is C27H29N3O3S2. The highest BCUT2D eigenvalue weighted by molar-refractivity contribution is 7.99. The molecule has 2 aliphatic rings. The number of thioether (sulfide) groups is 1. The van der Waals surface area contributed by atoms with Crippen molar-refractivity contribution in [1.29, 1.82) is 0 Å². The molecule has 182 valence electrons. The Morgan fingerprint density at radius 1 is 1.09 bits per heavy atom. The molecule has 1 aromatic heterocycles. The summed E-state index contributed by atoms with van der Waals surface area (Å²) < 4.78 is 6.12. The van der Waals surface area contributed by atoms with E-state index >= 15 is 0 Å². The van der Waals surface area contributed by atoms with E-state index in [0.717, 1.165) is 52.9 Å². The number of benzene rings is 2. The zero-order chi connectivity index (χ0) is 24.2. The zero-order valence-corrected chi connectivity index (χ0v) is 21.4. The number of hydrogen-bond acceptors (Lipinski definition) is 6. The largest absolute Gasteiger partial charge is 0.486 e. The van der Waals surface area contributed by atoms with Gasteiger partial charge in [-0.2, -0.15) is 11.8 Å². The van der Waals surface area contributed by atoms with Crippen LogP contribution < -0.4 is 4.74 Å². The highest BCUT2D eigenvalue weighted by Gasteiger charge is 2.31. The predicted octanol–water partition coefficient (Wildman–Crippen LogP) is 4.80. The number of rotatable bonds is 6. The maximum Gasteiger partial charge on any atom is 0.273 e. The molecule has 0 bridgehead atoms. The molecule has 3 aromatic rings. The average Bonchev–Trinajstić information content (AvgIpc) is 3.40. The Hall–Kier alpha value is -2.84. The third-order valence-electron chi connectivity index (χ3n) is 6.52. The van der Waals surface area contributed by atoms with Crippen LogP contribution in [0.15, 0.2) is 53.9 Å². The molecule has 5 rings (SSSR count). The summed E-state index contributed by atoms with van der Waals surface area (Å²) in [6.45, 7) is 4.49. The zero-order valence-electron chi connectivity index (χ0n) is 19.8. The Kier molecular flexibility index (Phi) is 7.39. The Bertz CT molecular complexity index is 1190. The first-order chi connectivity index (χ1) is 17.1. The summed E-state index contributed by atoms with van der Waals surface area (Å²) in [5.41, 5.74) is 3.96. The van der Waals surface area contributed by atoms with Gasteiger partial charge in [0.05, 0.1) is 6.04 Å². The molecule has 6 nitrogen and oxygen atoms in total. The second-order valence-corrected chi connectivity index (χ2v) is 10.9. The predicted molar refractivity (Wildman–Crippen MR) is 140 cm³/mol. The van der Waals surface area contributed by atoms with E-state index in [1.807, 2.05) is 58.1 Å². The maximum absolute atomic E-state index is 12.8. The van der Waals surface area contributed by atoms with Crippen molar-refractivity contribution in [2.24, 2.45) is 0 Å². The van der Waals surface area contributed by atoms with Crippen molar-refractivity contribution >= 4 is 34.9 Å². The van der Waals surface area contributed by atoms with Crippen molar-refractivity contribution < 1.29 is 14.3 Å². The minimum atomic E-state index is -0.122. The van der Waals surface area contributed by atoms with Gasteiger partial charge in [-0.05, 0) is 35.2 Å². The topological polar surface area (TPSA) is 62.7 Å². The number of thiazole rings is 1. The van der Waals surface area contributed by atoms with Gasteiger partial charge in [0.15, 0.2) is 0 Å². The summed E-state index contributed by atoms with van der Waals surface area (Å²) in [5.74, 6) is 2.87. The fourth-order valence-electron chi connectivity index (χ4n) is 4.70. The van der Waals surface area contributed by atoms with Crippen LogP contribution in [0, 0.1) is 0 Å². The molecule has 0 saturated carbocycles. The fraction of sp³-hybridized carbons (Fsp3) is 0.370. The van der Waals surface area contributed by atoms with Crippen LogP contribution in [0.4, 0.5) is 0 Å². The monoisotopic (exact) mass is 507 g/mol. The van der Waals surface area contributed by atoms with E-state index in [-0.39, 0.29) is 17.9 Å². The molecule has 0 aliphatic carbocycles. The van der Waals surface area contributed by atoms with E-state index in [4.69, 9.17) is 4.74 Å². The summed E-state index contributed by atoms with van der Waals surface area (Å²) in [6, 6.07) is 16.2. The summed E-state index contributed by atoms with van der Waals surface area (Å²) in [7, 11) is 0. The van der Waals surface area contributed by atoms with Crippen LogP contribution in [-0.2, 0) is 17.8 Å². The van der Waals surface area contributed by atoms with E-state index < -0.39 is 0 Å². The van der Waals surface area contributed by atoms with Crippen LogP contribution >= 0.6 is 23.1 Å². The Morgan fingerprint density at radius 2 is 1.89 bits per heavy atom. The van der Waals surface area contributed by atoms with Gasteiger partial charge in [0, 0.05) is 42.9 Å². The first kappa shape index (κ1) is 23.9. The van der Waals surface area contributed by atoms with Crippen molar-refractivity contribution in [1.82, 2.24) is 14.8 Å². The molecule has 2 aliphatic heterocycles. The van der Waals surface area contributed by atoms with E-state index in [1.165, 1.54) is 16.9 Å². The van der Waals surface area contributed by atoms with Gasteiger partial charge in [-0.1, -0.05) is 43.3 Å². The lowest BCUT2D eigenvalue weighted by Gasteiger charge is -2.38. The SMILES string of the molecule is CCC(=O)N1CCc2ccc(OCc3nc(C(=O)N4CCSCC4)cs3)cc2C1c1ccccc1. The van der Waals surface area contributed by atoms with Gasteiger partial charge in [0.2, 0.25) is 5.91 Å². The summed E-state index contributed by atoms with van der Waals surface area (Å²) in [6.07, 6.45) is 1.31. The normalized spacial score (nSPS) is 17.7. The number of carbonyl (C=O) groups excluding carboxylic acids is 2. The third kappa shape index (κ3) is 5.23. The van der Waals surface area contributed by atoms with Crippen LogP contribution in [0.1, 0.15) is 51.6 Å². The van der Waals surface area contributed by atoms with Crippen LogP contribution in [-0.4, -0.2) is 57.7 Å². The summed E-state index contributed by atoms with van der Waals surface area (Å²) in [5, 5.41) is 2.61. The lowest BCUT2D eigenvalue weighted by Crippen LogP contribution is -2.40. The van der Waals surface area contributed by atoms with E-state index in [0.29, 0.717) is 25.3 Å². The highest BCUT2D eigenvalue weighted by Crippen LogP contribution is 2.37. The number of carbonyl (C=O) groups is 2. The van der Waals surface area contributed by atoms with Crippen LogP contribution in [0.25, 0.3) is 0 Å². The first-order valence-corrected chi connectivity index (χ1v) is 14.1. The molecule has 1 fully saturated rings. The minimum absolute atomic E-state index is 0.00738. The Labute approximate surface area is 214 Å². The lowest BCUT2D eigenvalue weighted by molar-refractivity contribution is -0.132. The van der Waals surface area contributed by atoms with E-state index in [2.05, 4.69) is 29.2 Å². The molecule has 3 heterocycles. The van der Waals surface area contributed by atoms with Crippen LogP contribution in [0.3, 0.4) is 0 Å². The lowest BCUT2D eigenvalue weighted by atomic mass is 9.87. The highest BCUT2D eigenvalue weighted by atomic mass is 32.2. The van der Waals surface area contributed by atoms with Gasteiger partial charge in [0.25, 0.3) is 5.91 Å². The molecule has 35 heavy (non-hydrogen) atoms. The van der Waals surface area contributed by atoms with E-state index in [1.54, 1.807) is 0 Å². The molecule has 2 amide bonds. The minimum Gasteiger partial charge on any atom is -0.486 e. The quantitative estimate of drug-likeness (QED) is 0.480. The number of nitrogens with zero attached hydrogens (tertiary/aromatic N) is 3. The smallest absolute Gasteiger partial charge is 0.273 e. The number of ether oxygens (including phenoxy) is 1. The Morgan fingerprint density at radius 3 is 2.66 bits per heavy atom. The van der Waals surface area contributed by atoms with Crippen molar-refractivity contribution in [3.05, 3.63) is 81.3 Å².